The molecular formula is C22H30N4O3. The van der Waals surface area contributed by atoms with E-state index in [0.717, 1.165) is 60.3 Å². The molecule has 0 saturated carbocycles. The van der Waals surface area contributed by atoms with Crippen molar-refractivity contribution in [2.24, 2.45) is 5.92 Å². The Morgan fingerprint density at radius 1 is 1.24 bits per heavy atom. The summed E-state index contributed by atoms with van der Waals surface area (Å²) in [5.74, 6) is 1.07. The minimum absolute atomic E-state index is 0.0653. The predicted octanol–water partition coefficient (Wildman–Crippen LogP) is 2.87. The molecule has 29 heavy (non-hydrogen) atoms. The molecule has 2 heterocycles. The standard InChI is InChI=1S/C22H30N4O3/c1-15-13-21(25-20-6-5-18(14-19(15)20)24-16(2)27)26-10-7-17(8-11-26)22(28)23-9-4-12-29-3/h5-6,13-14,17H,4,7-12H2,1-3H3,(H,23,28)(H,24,27). The summed E-state index contributed by atoms with van der Waals surface area (Å²) < 4.78 is 5.01. The van der Waals surface area contributed by atoms with Gasteiger partial charge in [0.2, 0.25) is 11.8 Å². The number of nitrogens with zero attached hydrogens (tertiary/aromatic N) is 2. The number of carbonyl (C=O) groups excluding carboxylic acids is 2. The zero-order valence-corrected chi connectivity index (χ0v) is 17.5. The van der Waals surface area contributed by atoms with Gasteiger partial charge in [-0.1, -0.05) is 0 Å². The number of aromatic nitrogens is 1. The SMILES string of the molecule is COCCCNC(=O)C1CCN(c2cc(C)c3cc(NC(C)=O)ccc3n2)CC1. The van der Waals surface area contributed by atoms with Gasteiger partial charge in [-0.15, -0.1) is 0 Å². The van der Waals surface area contributed by atoms with Crippen LogP contribution in [0.15, 0.2) is 24.3 Å². The van der Waals surface area contributed by atoms with Gasteiger partial charge in [0.15, 0.2) is 0 Å². The molecule has 1 aliphatic rings. The summed E-state index contributed by atoms with van der Waals surface area (Å²) in [4.78, 5) is 30.7. The van der Waals surface area contributed by atoms with Gasteiger partial charge in [-0.2, -0.15) is 0 Å². The summed E-state index contributed by atoms with van der Waals surface area (Å²) in [6.45, 7) is 6.53. The molecule has 1 aromatic heterocycles. The van der Waals surface area contributed by atoms with E-state index < -0.39 is 0 Å². The number of anilines is 2. The number of amides is 2. The van der Waals surface area contributed by atoms with Crippen LogP contribution in [0.4, 0.5) is 11.5 Å². The van der Waals surface area contributed by atoms with E-state index in [4.69, 9.17) is 9.72 Å². The number of hydrogen-bond donors (Lipinski definition) is 2. The topological polar surface area (TPSA) is 83.6 Å². The summed E-state index contributed by atoms with van der Waals surface area (Å²) in [7, 11) is 1.67. The van der Waals surface area contributed by atoms with E-state index in [2.05, 4.69) is 28.5 Å². The van der Waals surface area contributed by atoms with Crippen molar-refractivity contribution in [3.8, 4) is 0 Å². The van der Waals surface area contributed by atoms with Crippen LogP contribution in [0.1, 0.15) is 31.7 Å². The Morgan fingerprint density at radius 3 is 2.69 bits per heavy atom. The molecule has 156 valence electrons. The van der Waals surface area contributed by atoms with Gasteiger partial charge in [-0.05, 0) is 56.0 Å². The number of piperidine rings is 1. The zero-order chi connectivity index (χ0) is 20.8. The van der Waals surface area contributed by atoms with Crippen LogP contribution in [-0.4, -0.2) is 50.1 Å². The molecule has 7 nitrogen and oxygen atoms in total. The first-order valence-corrected chi connectivity index (χ1v) is 10.2. The second kappa shape index (κ2) is 9.69. The minimum Gasteiger partial charge on any atom is -0.385 e. The lowest BCUT2D eigenvalue weighted by atomic mass is 9.95. The maximum absolute atomic E-state index is 12.3. The summed E-state index contributed by atoms with van der Waals surface area (Å²) >= 11 is 0. The molecule has 7 heteroatoms. The molecule has 3 rings (SSSR count). The number of aryl methyl sites for hydroxylation is 1. The third-order valence-electron chi connectivity index (χ3n) is 5.34. The fourth-order valence-electron chi connectivity index (χ4n) is 3.76. The van der Waals surface area contributed by atoms with E-state index >= 15 is 0 Å². The van der Waals surface area contributed by atoms with Crippen LogP contribution in [0, 0.1) is 12.8 Å². The fraction of sp³-hybridized carbons (Fsp3) is 0.500. The number of methoxy groups -OCH3 is 1. The van der Waals surface area contributed by atoms with Gasteiger partial charge < -0.3 is 20.3 Å². The first kappa shape index (κ1) is 21.0. The monoisotopic (exact) mass is 398 g/mol. The highest BCUT2D eigenvalue weighted by molar-refractivity contribution is 5.93. The Labute approximate surface area is 171 Å². The second-order valence-electron chi connectivity index (χ2n) is 7.61. The highest BCUT2D eigenvalue weighted by Crippen LogP contribution is 2.28. The normalized spacial score (nSPS) is 14.8. The molecule has 1 fully saturated rings. The van der Waals surface area contributed by atoms with Gasteiger partial charge in [-0.3, -0.25) is 9.59 Å². The molecule has 0 spiro atoms. The number of fused-ring (bicyclic) bond motifs is 1. The van der Waals surface area contributed by atoms with Crippen LogP contribution >= 0.6 is 0 Å². The third kappa shape index (κ3) is 5.44. The Hall–Kier alpha value is -2.67. The van der Waals surface area contributed by atoms with Crippen molar-refractivity contribution < 1.29 is 14.3 Å². The Bertz CT molecular complexity index is 876. The highest BCUT2D eigenvalue weighted by atomic mass is 16.5. The molecule has 2 N–H and O–H groups in total. The first-order valence-electron chi connectivity index (χ1n) is 10.2. The molecule has 1 aromatic carbocycles. The number of benzene rings is 1. The number of nitrogens with one attached hydrogen (secondary N) is 2. The molecule has 2 aromatic rings. The highest BCUT2D eigenvalue weighted by Gasteiger charge is 2.25. The van der Waals surface area contributed by atoms with E-state index in [0.29, 0.717) is 13.2 Å². The summed E-state index contributed by atoms with van der Waals surface area (Å²) in [5, 5.41) is 6.86. The van der Waals surface area contributed by atoms with Crippen molar-refractivity contribution in [1.29, 1.82) is 0 Å². The largest absolute Gasteiger partial charge is 0.385 e. The van der Waals surface area contributed by atoms with Gasteiger partial charge in [0, 0.05) is 57.3 Å². The smallest absolute Gasteiger partial charge is 0.223 e. The lowest BCUT2D eigenvalue weighted by Crippen LogP contribution is -2.41. The molecule has 2 amide bonds. The number of ether oxygens (including phenoxy) is 1. The van der Waals surface area contributed by atoms with Crippen molar-refractivity contribution in [1.82, 2.24) is 10.3 Å². The van der Waals surface area contributed by atoms with Gasteiger partial charge in [0.1, 0.15) is 5.82 Å². The second-order valence-corrected chi connectivity index (χ2v) is 7.61. The Morgan fingerprint density at radius 2 is 2.00 bits per heavy atom. The van der Waals surface area contributed by atoms with Crippen molar-refractivity contribution in [3.63, 3.8) is 0 Å². The number of hydrogen-bond acceptors (Lipinski definition) is 5. The maximum Gasteiger partial charge on any atom is 0.223 e. The number of pyridine rings is 1. The molecule has 0 unspecified atom stereocenters. The predicted molar refractivity (Wildman–Crippen MR) is 115 cm³/mol. The lowest BCUT2D eigenvalue weighted by Gasteiger charge is -2.32. The molecule has 0 bridgehead atoms. The molecular weight excluding hydrogens is 368 g/mol. The maximum atomic E-state index is 12.3. The molecule has 0 atom stereocenters. The van der Waals surface area contributed by atoms with Crippen molar-refractivity contribution in [3.05, 3.63) is 29.8 Å². The van der Waals surface area contributed by atoms with Crippen LogP contribution in [0.25, 0.3) is 10.9 Å². The average Bonchev–Trinajstić information content (AvgIpc) is 2.71. The number of rotatable bonds is 7. The molecule has 0 aliphatic carbocycles. The van der Waals surface area contributed by atoms with Crippen LogP contribution in [0.2, 0.25) is 0 Å². The van der Waals surface area contributed by atoms with Gasteiger partial charge >= 0.3 is 0 Å². The summed E-state index contributed by atoms with van der Waals surface area (Å²) in [5.41, 5.74) is 2.81. The van der Waals surface area contributed by atoms with Crippen molar-refractivity contribution in [2.75, 3.05) is 43.6 Å². The molecule has 1 saturated heterocycles. The lowest BCUT2D eigenvalue weighted by molar-refractivity contribution is -0.125. The van der Waals surface area contributed by atoms with Gasteiger partial charge in [0.05, 0.1) is 5.52 Å². The van der Waals surface area contributed by atoms with Gasteiger partial charge in [0.25, 0.3) is 0 Å². The van der Waals surface area contributed by atoms with E-state index in [1.54, 1.807) is 7.11 Å². The quantitative estimate of drug-likeness (QED) is 0.701. The van der Waals surface area contributed by atoms with Crippen molar-refractivity contribution >= 4 is 34.2 Å². The average molecular weight is 399 g/mol. The number of carbonyl (C=O) groups is 2. The Kier molecular flexibility index (Phi) is 7.04. The van der Waals surface area contributed by atoms with Crippen LogP contribution < -0.4 is 15.5 Å². The zero-order valence-electron chi connectivity index (χ0n) is 17.5. The van der Waals surface area contributed by atoms with E-state index in [1.165, 1.54) is 6.92 Å². The minimum atomic E-state index is -0.0859. The molecule has 0 radical (unpaired) electrons. The summed E-state index contributed by atoms with van der Waals surface area (Å²) in [6, 6.07) is 7.87. The van der Waals surface area contributed by atoms with E-state index in [1.807, 2.05) is 18.2 Å². The Balaban J connectivity index is 1.63. The first-order chi connectivity index (χ1) is 14.0. The van der Waals surface area contributed by atoms with E-state index in [9.17, 15) is 9.59 Å². The van der Waals surface area contributed by atoms with E-state index in [-0.39, 0.29) is 17.7 Å². The third-order valence-corrected chi connectivity index (χ3v) is 5.34. The molecule has 1 aliphatic heterocycles. The fourth-order valence-corrected chi connectivity index (χ4v) is 3.76. The summed E-state index contributed by atoms with van der Waals surface area (Å²) in [6.07, 6.45) is 2.50. The van der Waals surface area contributed by atoms with Crippen LogP contribution in [-0.2, 0) is 14.3 Å². The van der Waals surface area contributed by atoms with Crippen molar-refractivity contribution in [2.45, 2.75) is 33.1 Å². The van der Waals surface area contributed by atoms with Crippen LogP contribution in [0.3, 0.4) is 0 Å². The van der Waals surface area contributed by atoms with Gasteiger partial charge in [-0.25, -0.2) is 4.98 Å². The van der Waals surface area contributed by atoms with Crippen LogP contribution in [0.5, 0.6) is 0 Å².